The SMILES string of the molecule is COC(=O)NC1CC(C)=C(C)CC1I. The van der Waals surface area contributed by atoms with Crippen LogP contribution in [0.2, 0.25) is 0 Å². The molecule has 0 aliphatic heterocycles. The van der Waals surface area contributed by atoms with Gasteiger partial charge in [-0.15, -0.1) is 0 Å². The third-order valence-electron chi connectivity index (χ3n) is 2.68. The summed E-state index contributed by atoms with van der Waals surface area (Å²) < 4.78 is 5.06. The molecule has 1 rings (SSSR count). The number of hydrogen-bond donors (Lipinski definition) is 1. The van der Waals surface area contributed by atoms with E-state index in [0.29, 0.717) is 3.92 Å². The molecule has 1 aliphatic carbocycles. The Bertz CT molecular complexity index is 263. The van der Waals surface area contributed by atoms with Crippen molar-refractivity contribution in [3.05, 3.63) is 11.1 Å². The van der Waals surface area contributed by atoms with Gasteiger partial charge in [0.05, 0.1) is 7.11 Å². The Morgan fingerprint density at radius 2 is 2.00 bits per heavy atom. The van der Waals surface area contributed by atoms with Gasteiger partial charge in [-0.05, 0) is 26.7 Å². The molecule has 0 bridgehead atoms. The molecule has 0 radical (unpaired) electrons. The second-order valence-electron chi connectivity index (χ2n) is 3.73. The number of carbonyl (C=O) groups is 1. The van der Waals surface area contributed by atoms with Crippen LogP contribution in [0.4, 0.5) is 4.79 Å². The normalized spacial score (nSPS) is 27.4. The van der Waals surface area contributed by atoms with Crippen molar-refractivity contribution in [2.75, 3.05) is 7.11 Å². The number of carbonyl (C=O) groups excluding carboxylic acids is 1. The lowest BCUT2D eigenvalue weighted by Gasteiger charge is -2.29. The quantitative estimate of drug-likeness (QED) is 0.459. The van der Waals surface area contributed by atoms with Gasteiger partial charge in [-0.1, -0.05) is 33.7 Å². The Balaban J connectivity index is 2.60. The molecule has 80 valence electrons. The zero-order valence-electron chi connectivity index (χ0n) is 8.76. The van der Waals surface area contributed by atoms with Gasteiger partial charge in [-0.25, -0.2) is 4.79 Å². The second kappa shape index (κ2) is 5.00. The number of ether oxygens (including phenoxy) is 1. The van der Waals surface area contributed by atoms with E-state index in [-0.39, 0.29) is 12.1 Å². The van der Waals surface area contributed by atoms with Crippen molar-refractivity contribution in [2.45, 2.75) is 36.7 Å². The van der Waals surface area contributed by atoms with Gasteiger partial charge in [0, 0.05) is 9.97 Å². The minimum Gasteiger partial charge on any atom is -0.453 e. The molecule has 4 heteroatoms. The topological polar surface area (TPSA) is 38.3 Å². The molecule has 0 heterocycles. The summed E-state index contributed by atoms with van der Waals surface area (Å²) in [7, 11) is 1.40. The van der Waals surface area contributed by atoms with Crippen molar-refractivity contribution >= 4 is 28.7 Å². The van der Waals surface area contributed by atoms with Crippen LogP contribution in [-0.4, -0.2) is 23.2 Å². The number of alkyl carbamates (subject to hydrolysis) is 1. The van der Waals surface area contributed by atoms with Crippen molar-refractivity contribution < 1.29 is 9.53 Å². The van der Waals surface area contributed by atoms with Crippen LogP contribution >= 0.6 is 22.6 Å². The molecule has 0 saturated carbocycles. The van der Waals surface area contributed by atoms with Crippen molar-refractivity contribution in [3.8, 4) is 0 Å². The molecular formula is C10H16INO2. The number of rotatable bonds is 1. The Labute approximate surface area is 98.4 Å². The van der Waals surface area contributed by atoms with Gasteiger partial charge in [0.2, 0.25) is 0 Å². The molecule has 0 aromatic carbocycles. The first-order valence-electron chi connectivity index (χ1n) is 4.68. The monoisotopic (exact) mass is 309 g/mol. The van der Waals surface area contributed by atoms with E-state index >= 15 is 0 Å². The highest BCUT2D eigenvalue weighted by Gasteiger charge is 2.26. The summed E-state index contributed by atoms with van der Waals surface area (Å²) in [4.78, 5) is 11.1. The maximum atomic E-state index is 11.1. The predicted octanol–water partition coefficient (Wildman–Crippen LogP) is 2.64. The average molecular weight is 309 g/mol. The number of alkyl halides is 1. The maximum absolute atomic E-state index is 11.1. The first-order chi connectivity index (χ1) is 6.54. The van der Waals surface area contributed by atoms with Crippen LogP contribution in [0, 0.1) is 0 Å². The summed E-state index contributed by atoms with van der Waals surface area (Å²) in [6.07, 6.45) is 1.67. The Morgan fingerprint density at radius 3 is 2.57 bits per heavy atom. The first-order valence-corrected chi connectivity index (χ1v) is 5.93. The number of hydrogen-bond acceptors (Lipinski definition) is 2. The molecule has 0 aromatic heterocycles. The highest BCUT2D eigenvalue weighted by Crippen LogP contribution is 2.29. The summed E-state index contributed by atoms with van der Waals surface area (Å²) in [6, 6.07) is 0.215. The van der Waals surface area contributed by atoms with Gasteiger partial charge >= 0.3 is 6.09 Å². The van der Waals surface area contributed by atoms with Gasteiger partial charge in [-0.2, -0.15) is 0 Å². The third-order valence-corrected chi connectivity index (χ3v) is 3.99. The van der Waals surface area contributed by atoms with Crippen molar-refractivity contribution in [2.24, 2.45) is 0 Å². The molecule has 0 fully saturated rings. The van der Waals surface area contributed by atoms with E-state index in [4.69, 9.17) is 0 Å². The van der Waals surface area contributed by atoms with Gasteiger partial charge in [-0.3, -0.25) is 0 Å². The molecule has 2 unspecified atom stereocenters. The van der Waals surface area contributed by atoms with Crippen LogP contribution in [0.15, 0.2) is 11.1 Å². The van der Waals surface area contributed by atoms with Crippen LogP contribution < -0.4 is 5.32 Å². The van der Waals surface area contributed by atoms with E-state index < -0.39 is 0 Å². The zero-order chi connectivity index (χ0) is 10.7. The highest BCUT2D eigenvalue weighted by molar-refractivity contribution is 14.1. The van der Waals surface area contributed by atoms with E-state index in [0.717, 1.165) is 12.8 Å². The molecule has 0 spiro atoms. The maximum Gasteiger partial charge on any atom is 0.407 e. The van der Waals surface area contributed by atoms with Crippen molar-refractivity contribution in [3.63, 3.8) is 0 Å². The summed E-state index contributed by atoms with van der Waals surface area (Å²) in [5.74, 6) is 0. The first kappa shape index (κ1) is 11.8. The summed E-state index contributed by atoms with van der Waals surface area (Å²) in [5.41, 5.74) is 2.84. The van der Waals surface area contributed by atoms with Gasteiger partial charge < -0.3 is 10.1 Å². The van der Waals surface area contributed by atoms with Gasteiger partial charge in [0.1, 0.15) is 0 Å². The fourth-order valence-electron chi connectivity index (χ4n) is 1.59. The minimum absolute atomic E-state index is 0.215. The number of methoxy groups -OCH3 is 1. The summed E-state index contributed by atoms with van der Waals surface area (Å²) in [6.45, 7) is 4.29. The number of nitrogens with one attached hydrogen (secondary N) is 1. The molecule has 1 N–H and O–H groups in total. The fraction of sp³-hybridized carbons (Fsp3) is 0.700. The molecule has 0 aromatic rings. The van der Waals surface area contributed by atoms with Crippen LogP contribution in [0.3, 0.4) is 0 Å². The predicted molar refractivity (Wildman–Crippen MR) is 64.7 cm³/mol. The smallest absolute Gasteiger partial charge is 0.407 e. The van der Waals surface area contributed by atoms with E-state index in [2.05, 4.69) is 46.5 Å². The van der Waals surface area contributed by atoms with Crippen LogP contribution in [0.5, 0.6) is 0 Å². The van der Waals surface area contributed by atoms with Gasteiger partial charge in [0.15, 0.2) is 0 Å². The number of amides is 1. The molecule has 3 nitrogen and oxygen atoms in total. The zero-order valence-corrected chi connectivity index (χ0v) is 10.9. The van der Waals surface area contributed by atoms with Crippen molar-refractivity contribution in [1.82, 2.24) is 5.32 Å². The van der Waals surface area contributed by atoms with Crippen LogP contribution in [0.25, 0.3) is 0 Å². The summed E-state index contributed by atoms with van der Waals surface area (Å²) in [5, 5.41) is 2.87. The van der Waals surface area contributed by atoms with E-state index in [9.17, 15) is 4.79 Å². The Kier molecular flexibility index (Phi) is 4.22. The van der Waals surface area contributed by atoms with E-state index in [1.165, 1.54) is 18.3 Å². The second-order valence-corrected chi connectivity index (χ2v) is 5.33. The lowest BCUT2D eigenvalue weighted by atomic mass is 9.90. The molecule has 14 heavy (non-hydrogen) atoms. The number of allylic oxidation sites excluding steroid dienone is 1. The fourth-order valence-corrected chi connectivity index (χ4v) is 2.69. The highest BCUT2D eigenvalue weighted by atomic mass is 127. The Morgan fingerprint density at radius 1 is 1.43 bits per heavy atom. The van der Waals surface area contributed by atoms with E-state index in [1.54, 1.807) is 0 Å². The molecular weight excluding hydrogens is 293 g/mol. The van der Waals surface area contributed by atoms with Crippen LogP contribution in [-0.2, 0) is 4.74 Å². The standard InChI is InChI=1S/C10H16INO2/c1-6-4-8(11)9(5-7(6)2)12-10(13)14-3/h8-9H,4-5H2,1-3H3,(H,12,13). The average Bonchev–Trinajstić information content (AvgIpc) is 2.14. The molecule has 0 saturated heterocycles. The number of halogens is 1. The lowest BCUT2D eigenvalue weighted by molar-refractivity contribution is 0.166. The largest absolute Gasteiger partial charge is 0.453 e. The van der Waals surface area contributed by atoms with Crippen molar-refractivity contribution in [1.29, 1.82) is 0 Å². The van der Waals surface area contributed by atoms with E-state index in [1.807, 2.05) is 0 Å². The third kappa shape index (κ3) is 2.87. The van der Waals surface area contributed by atoms with Gasteiger partial charge in [0.25, 0.3) is 0 Å². The Hall–Kier alpha value is -0.260. The van der Waals surface area contributed by atoms with Crippen LogP contribution in [0.1, 0.15) is 26.7 Å². The molecule has 1 aliphatic rings. The minimum atomic E-state index is -0.330. The lowest BCUT2D eigenvalue weighted by Crippen LogP contribution is -2.42. The molecule has 2 atom stereocenters. The summed E-state index contributed by atoms with van der Waals surface area (Å²) >= 11 is 2.39. The molecule has 1 amide bonds.